The molecule has 0 aliphatic carbocycles. The molecule has 0 spiro atoms. The van der Waals surface area contributed by atoms with Crippen LogP contribution in [0.1, 0.15) is 31.8 Å². The number of methoxy groups -OCH3 is 1. The van der Waals surface area contributed by atoms with E-state index in [1.165, 1.54) is 7.11 Å². The van der Waals surface area contributed by atoms with Crippen molar-refractivity contribution in [2.75, 3.05) is 13.7 Å². The molecule has 0 fully saturated rings. The van der Waals surface area contributed by atoms with Crippen LogP contribution in [0.3, 0.4) is 0 Å². The molecule has 0 saturated heterocycles. The molecule has 4 rings (SSSR count). The van der Waals surface area contributed by atoms with Gasteiger partial charge in [0.2, 0.25) is 0 Å². The van der Waals surface area contributed by atoms with Crippen LogP contribution in [-0.2, 0) is 17.7 Å². The Morgan fingerprint density at radius 3 is 2.85 bits per heavy atom. The van der Waals surface area contributed by atoms with Crippen molar-refractivity contribution in [3.63, 3.8) is 0 Å². The molecule has 1 aliphatic rings. The van der Waals surface area contributed by atoms with E-state index in [2.05, 4.69) is 4.98 Å². The molecule has 0 unspecified atom stereocenters. The standard InChI is InChI=1S/C21H18N2O3/c1-26-21(25)15-5-6-17-13-23(10-8-14(17)11-15)20(24)19-4-2-3-16-12-22-9-7-18(16)19/h2-7,9,11-12H,8,10,13H2,1H3. The monoisotopic (exact) mass is 346 g/mol. The number of esters is 1. The van der Waals surface area contributed by atoms with Crippen LogP contribution in [0, 0.1) is 0 Å². The Balaban J connectivity index is 1.62. The molecule has 0 saturated carbocycles. The number of benzene rings is 2. The van der Waals surface area contributed by atoms with Crippen LogP contribution in [-0.4, -0.2) is 35.4 Å². The normalized spacial score (nSPS) is 13.3. The van der Waals surface area contributed by atoms with Gasteiger partial charge in [0, 0.05) is 36.4 Å². The molecular weight excluding hydrogens is 328 g/mol. The summed E-state index contributed by atoms with van der Waals surface area (Å²) in [5.74, 6) is -0.319. The van der Waals surface area contributed by atoms with Crippen molar-refractivity contribution in [2.45, 2.75) is 13.0 Å². The minimum absolute atomic E-state index is 0.0181. The van der Waals surface area contributed by atoms with Crippen molar-refractivity contribution in [3.05, 3.63) is 77.1 Å². The van der Waals surface area contributed by atoms with E-state index in [4.69, 9.17) is 4.74 Å². The van der Waals surface area contributed by atoms with E-state index in [0.717, 1.165) is 28.3 Å². The zero-order valence-electron chi connectivity index (χ0n) is 14.4. The molecule has 5 heteroatoms. The lowest BCUT2D eigenvalue weighted by Gasteiger charge is -2.29. The fraction of sp³-hybridized carbons (Fsp3) is 0.190. The van der Waals surface area contributed by atoms with Gasteiger partial charge in [0.1, 0.15) is 0 Å². The number of pyridine rings is 1. The van der Waals surface area contributed by atoms with Gasteiger partial charge in [0.15, 0.2) is 0 Å². The number of fused-ring (bicyclic) bond motifs is 2. The second kappa shape index (κ2) is 6.59. The summed E-state index contributed by atoms with van der Waals surface area (Å²) in [6, 6.07) is 13.1. The number of rotatable bonds is 2. The quantitative estimate of drug-likeness (QED) is 0.669. The van der Waals surface area contributed by atoms with Gasteiger partial charge in [-0.05, 0) is 47.2 Å². The number of aromatic nitrogens is 1. The number of hydrogen-bond donors (Lipinski definition) is 0. The van der Waals surface area contributed by atoms with Crippen LogP contribution in [0.5, 0.6) is 0 Å². The molecule has 0 bridgehead atoms. The zero-order valence-corrected chi connectivity index (χ0v) is 14.4. The third-order valence-electron chi connectivity index (χ3n) is 4.84. The Hall–Kier alpha value is -3.21. The fourth-order valence-electron chi connectivity index (χ4n) is 3.45. The van der Waals surface area contributed by atoms with E-state index in [9.17, 15) is 9.59 Å². The summed E-state index contributed by atoms with van der Waals surface area (Å²) >= 11 is 0. The smallest absolute Gasteiger partial charge is 0.337 e. The van der Waals surface area contributed by atoms with Gasteiger partial charge in [-0.15, -0.1) is 0 Å². The maximum atomic E-state index is 13.1. The number of carbonyl (C=O) groups excluding carboxylic acids is 2. The highest BCUT2D eigenvalue weighted by atomic mass is 16.5. The summed E-state index contributed by atoms with van der Waals surface area (Å²) in [6.45, 7) is 1.16. The summed E-state index contributed by atoms with van der Waals surface area (Å²) in [5.41, 5.74) is 3.41. The predicted molar refractivity (Wildman–Crippen MR) is 98.0 cm³/mol. The first-order valence-corrected chi connectivity index (χ1v) is 8.49. The van der Waals surface area contributed by atoms with Gasteiger partial charge < -0.3 is 9.64 Å². The van der Waals surface area contributed by atoms with E-state index < -0.39 is 0 Å². The van der Waals surface area contributed by atoms with Crippen molar-refractivity contribution in [1.29, 1.82) is 0 Å². The third kappa shape index (κ3) is 2.81. The first-order valence-electron chi connectivity index (χ1n) is 8.49. The first-order chi connectivity index (χ1) is 12.7. The number of carbonyl (C=O) groups is 2. The maximum Gasteiger partial charge on any atom is 0.337 e. The summed E-state index contributed by atoms with van der Waals surface area (Å²) in [5, 5.41) is 1.87. The van der Waals surface area contributed by atoms with Crippen molar-refractivity contribution >= 4 is 22.6 Å². The average molecular weight is 346 g/mol. The summed E-state index contributed by atoms with van der Waals surface area (Å²) < 4.78 is 4.78. The van der Waals surface area contributed by atoms with Crippen molar-refractivity contribution in [3.8, 4) is 0 Å². The number of hydrogen-bond acceptors (Lipinski definition) is 4. The molecule has 3 aromatic rings. The molecule has 2 heterocycles. The minimum Gasteiger partial charge on any atom is -0.465 e. The highest BCUT2D eigenvalue weighted by Gasteiger charge is 2.23. The van der Waals surface area contributed by atoms with Gasteiger partial charge in [-0.25, -0.2) is 4.79 Å². The van der Waals surface area contributed by atoms with Crippen LogP contribution >= 0.6 is 0 Å². The molecule has 0 N–H and O–H groups in total. The molecule has 0 radical (unpaired) electrons. The SMILES string of the molecule is COC(=O)c1ccc2c(c1)CCN(C(=O)c1cccc3cnccc13)C2. The molecule has 130 valence electrons. The van der Waals surface area contributed by atoms with Gasteiger partial charge >= 0.3 is 5.97 Å². The minimum atomic E-state index is -0.337. The summed E-state index contributed by atoms with van der Waals surface area (Å²) in [7, 11) is 1.38. The number of amides is 1. The first kappa shape index (κ1) is 16.3. The highest BCUT2D eigenvalue weighted by Crippen LogP contribution is 2.25. The van der Waals surface area contributed by atoms with Gasteiger partial charge in [-0.3, -0.25) is 9.78 Å². The van der Waals surface area contributed by atoms with E-state index in [0.29, 0.717) is 24.2 Å². The lowest BCUT2D eigenvalue weighted by Crippen LogP contribution is -2.36. The van der Waals surface area contributed by atoms with Crippen molar-refractivity contribution in [1.82, 2.24) is 9.88 Å². The van der Waals surface area contributed by atoms with Crippen LogP contribution < -0.4 is 0 Å². The molecule has 1 aromatic heterocycles. The van der Waals surface area contributed by atoms with E-state index in [1.807, 2.05) is 41.3 Å². The van der Waals surface area contributed by atoms with Gasteiger partial charge in [0.25, 0.3) is 5.91 Å². The number of ether oxygens (including phenoxy) is 1. The van der Waals surface area contributed by atoms with Crippen LogP contribution in [0.2, 0.25) is 0 Å². The Bertz CT molecular complexity index is 1010. The Morgan fingerprint density at radius 1 is 1.12 bits per heavy atom. The molecule has 2 aromatic carbocycles. The van der Waals surface area contributed by atoms with Gasteiger partial charge in [0.05, 0.1) is 12.7 Å². The fourth-order valence-corrected chi connectivity index (χ4v) is 3.45. The molecule has 1 aliphatic heterocycles. The van der Waals surface area contributed by atoms with Gasteiger partial charge in [-0.2, -0.15) is 0 Å². The lowest BCUT2D eigenvalue weighted by atomic mass is 9.96. The second-order valence-corrected chi connectivity index (χ2v) is 6.35. The second-order valence-electron chi connectivity index (χ2n) is 6.35. The van der Waals surface area contributed by atoms with Gasteiger partial charge in [-0.1, -0.05) is 18.2 Å². The topological polar surface area (TPSA) is 59.5 Å². The summed E-state index contributed by atoms with van der Waals surface area (Å²) in [6.07, 6.45) is 4.20. The third-order valence-corrected chi connectivity index (χ3v) is 4.84. The largest absolute Gasteiger partial charge is 0.465 e. The average Bonchev–Trinajstić information content (AvgIpc) is 2.71. The highest BCUT2D eigenvalue weighted by molar-refractivity contribution is 6.06. The molecule has 1 amide bonds. The molecule has 0 atom stereocenters. The van der Waals surface area contributed by atoms with Crippen molar-refractivity contribution in [2.24, 2.45) is 0 Å². The van der Waals surface area contributed by atoms with Crippen LogP contribution in [0.25, 0.3) is 10.8 Å². The zero-order chi connectivity index (χ0) is 18.1. The predicted octanol–water partition coefficient (Wildman–Crippen LogP) is 3.22. The van der Waals surface area contributed by atoms with Crippen molar-refractivity contribution < 1.29 is 14.3 Å². The lowest BCUT2D eigenvalue weighted by molar-refractivity contribution is 0.0599. The maximum absolute atomic E-state index is 13.1. The Labute approximate surface area is 151 Å². The molecule has 5 nitrogen and oxygen atoms in total. The number of nitrogens with zero attached hydrogens (tertiary/aromatic N) is 2. The molecular formula is C21H18N2O3. The van der Waals surface area contributed by atoms with Crippen LogP contribution in [0.4, 0.5) is 0 Å². The molecule has 26 heavy (non-hydrogen) atoms. The summed E-state index contributed by atoms with van der Waals surface area (Å²) in [4.78, 5) is 30.7. The van der Waals surface area contributed by atoms with Crippen LogP contribution in [0.15, 0.2) is 54.9 Å². The Kier molecular flexibility index (Phi) is 4.13. The van der Waals surface area contributed by atoms with E-state index in [-0.39, 0.29) is 11.9 Å². The van der Waals surface area contributed by atoms with E-state index >= 15 is 0 Å². The van der Waals surface area contributed by atoms with E-state index in [1.54, 1.807) is 18.5 Å². The Morgan fingerprint density at radius 2 is 2.00 bits per heavy atom.